The number of anilines is 3. The summed E-state index contributed by atoms with van der Waals surface area (Å²) in [6, 6.07) is 3.90. The van der Waals surface area contributed by atoms with Crippen LogP contribution in [0.4, 0.5) is 21.8 Å². The number of aryl methyl sites for hydroxylation is 1. The Morgan fingerprint density at radius 2 is 1.91 bits per heavy atom. The lowest BCUT2D eigenvalue weighted by Crippen LogP contribution is -2.30. The summed E-state index contributed by atoms with van der Waals surface area (Å²) in [4.78, 5) is 19.7. The van der Waals surface area contributed by atoms with E-state index in [0.29, 0.717) is 18.1 Å². The summed E-state index contributed by atoms with van der Waals surface area (Å²) in [5.74, 6) is 1.20. The molecule has 0 bridgehead atoms. The first-order valence-corrected chi connectivity index (χ1v) is 13.1. The van der Waals surface area contributed by atoms with E-state index in [2.05, 4.69) is 43.2 Å². The number of rotatable bonds is 6. The summed E-state index contributed by atoms with van der Waals surface area (Å²) in [6.07, 6.45) is 13.7. The summed E-state index contributed by atoms with van der Waals surface area (Å²) >= 11 is 0. The quantitative estimate of drug-likeness (QED) is 0.434. The molecule has 180 valence electrons. The molecular weight excluding hydrogens is 469 g/mol. The Morgan fingerprint density at radius 3 is 2.57 bits per heavy atom. The van der Waals surface area contributed by atoms with Gasteiger partial charge in [0.05, 0.1) is 6.20 Å². The zero-order chi connectivity index (χ0) is 24.6. The van der Waals surface area contributed by atoms with E-state index < -0.39 is 15.7 Å². The number of nitrogens with one attached hydrogen (secondary N) is 1. The molecule has 4 aromatic rings. The van der Waals surface area contributed by atoms with Gasteiger partial charge in [-0.2, -0.15) is 0 Å². The van der Waals surface area contributed by atoms with E-state index in [1.807, 2.05) is 23.0 Å². The highest BCUT2D eigenvalue weighted by atomic mass is 32.2. The van der Waals surface area contributed by atoms with Gasteiger partial charge in [0, 0.05) is 49.8 Å². The Kier molecular flexibility index (Phi) is 5.93. The van der Waals surface area contributed by atoms with Crippen molar-refractivity contribution >= 4 is 38.4 Å². The molecule has 0 amide bonds. The third-order valence-corrected chi connectivity index (χ3v) is 7.06. The number of nitrogens with zero attached hydrogens (tertiary/aromatic N) is 6. The summed E-state index contributed by atoms with van der Waals surface area (Å²) in [5.41, 5.74) is 3.32. The number of hydrogen-bond donors (Lipinski definition) is 1. The first-order chi connectivity index (χ1) is 16.8. The van der Waals surface area contributed by atoms with Crippen molar-refractivity contribution in [2.45, 2.75) is 24.7 Å². The molecule has 0 fully saturated rings. The maximum Gasteiger partial charge on any atom is 0.225 e. The molecule has 1 aliphatic heterocycles. The molecule has 11 heteroatoms. The smallest absolute Gasteiger partial charge is 0.225 e. The summed E-state index contributed by atoms with van der Waals surface area (Å²) < 4.78 is 39.6. The second kappa shape index (κ2) is 9.06. The van der Waals surface area contributed by atoms with Crippen LogP contribution in [-0.4, -0.2) is 52.1 Å². The fourth-order valence-electron chi connectivity index (χ4n) is 4.03. The van der Waals surface area contributed by atoms with Gasteiger partial charge in [-0.15, -0.1) is 0 Å². The van der Waals surface area contributed by atoms with Crippen LogP contribution in [0.2, 0.25) is 0 Å². The van der Waals surface area contributed by atoms with Gasteiger partial charge in [0.15, 0.2) is 15.7 Å². The van der Waals surface area contributed by atoms with E-state index in [9.17, 15) is 12.8 Å². The largest absolute Gasteiger partial charge is 0.338 e. The lowest BCUT2D eigenvalue weighted by molar-refractivity contribution is 0.571. The van der Waals surface area contributed by atoms with Crippen LogP contribution < -0.4 is 10.2 Å². The highest BCUT2D eigenvalue weighted by Crippen LogP contribution is 2.28. The Bertz CT molecular complexity index is 1530. The number of sulfone groups is 1. The van der Waals surface area contributed by atoms with Crippen molar-refractivity contribution in [3.63, 3.8) is 0 Å². The van der Waals surface area contributed by atoms with Crippen LogP contribution in [0.15, 0.2) is 60.2 Å². The third kappa shape index (κ3) is 4.59. The molecule has 0 saturated carbocycles. The van der Waals surface area contributed by atoms with Crippen LogP contribution in [0.1, 0.15) is 24.7 Å². The number of aromatic nitrogens is 5. The van der Waals surface area contributed by atoms with E-state index in [4.69, 9.17) is 0 Å². The predicted molar refractivity (Wildman–Crippen MR) is 132 cm³/mol. The molecule has 0 aliphatic carbocycles. The first-order valence-electron chi connectivity index (χ1n) is 11.2. The van der Waals surface area contributed by atoms with Gasteiger partial charge in [0.25, 0.3) is 0 Å². The highest BCUT2D eigenvalue weighted by molar-refractivity contribution is 7.90. The monoisotopic (exact) mass is 493 g/mol. The molecule has 0 saturated heterocycles. The number of imidazole rings is 1. The fourth-order valence-corrected chi connectivity index (χ4v) is 4.75. The predicted octanol–water partition coefficient (Wildman–Crippen LogP) is 3.66. The second-order valence-corrected chi connectivity index (χ2v) is 10.3. The summed E-state index contributed by atoms with van der Waals surface area (Å²) in [7, 11) is -3.64. The van der Waals surface area contributed by atoms with Crippen LogP contribution in [0.25, 0.3) is 11.1 Å². The van der Waals surface area contributed by atoms with Crippen molar-refractivity contribution in [3.8, 4) is 0 Å². The molecule has 3 aromatic heterocycles. The van der Waals surface area contributed by atoms with Crippen LogP contribution in [0.3, 0.4) is 0 Å². The number of benzene rings is 1. The summed E-state index contributed by atoms with van der Waals surface area (Å²) in [5, 5.41) is 3.07. The van der Waals surface area contributed by atoms with Crippen LogP contribution in [-0.2, 0) is 16.3 Å². The zero-order valence-corrected chi connectivity index (χ0v) is 20.1. The van der Waals surface area contributed by atoms with Crippen molar-refractivity contribution < 1.29 is 12.8 Å². The minimum absolute atomic E-state index is 0.342. The van der Waals surface area contributed by atoms with E-state index >= 15 is 0 Å². The lowest BCUT2D eigenvalue weighted by atomic mass is 10.1. The van der Waals surface area contributed by atoms with E-state index in [0.717, 1.165) is 60.1 Å². The average Bonchev–Trinajstić information content (AvgIpc) is 3.29. The maximum atomic E-state index is 14.3. The van der Waals surface area contributed by atoms with Crippen molar-refractivity contribution in [2.24, 2.45) is 0 Å². The normalized spacial score (nSPS) is 14.3. The fraction of sp³-hybridized carbons (Fsp3) is 0.250. The van der Waals surface area contributed by atoms with Crippen LogP contribution in [0, 0.1) is 5.82 Å². The molecule has 5 rings (SSSR count). The minimum atomic E-state index is -3.64. The molecule has 0 spiro atoms. The SMILES string of the molecule is CCc1cnc(N2CC=C(c3ncc4c(Nc5ccc(S(C)(=O)=O)c(F)c5)nccn34)CC2)nc1. The molecule has 1 aliphatic rings. The molecule has 35 heavy (non-hydrogen) atoms. The van der Waals surface area contributed by atoms with E-state index in [1.54, 1.807) is 12.4 Å². The highest BCUT2D eigenvalue weighted by Gasteiger charge is 2.20. The Hall–Kier alpha value is -3.86. The van der Waals surface area contributed by atoms with Gasteiger partial charge in [-0.1, -0.05) is 13.0 Å². The first kappa shape index (κ1) is 22.9. The molecule has 0 atom stereocenters. The number of halogens is 1. The average molecular weight is 494 g/mol. The zero-order valence-electron chi connectivity index (χ0n) is 19.3. The Balaban J connectivity index is 1.38. The Labute approximate surface area is 202 Å². The van der Waals surface area contributed by atoms with Gasteiger partial charge >= 0.3 is 0 Å². The molecular formula is C24H24FN7O2S. The van der Waals surface area contributed by atoms with Gasteiger partial charge in [0.1, 0.15) is 22.1 Å². The van der Waals surface area contributed by atoms with Crippen molar-refractivity contribution in [2.75, 3.05) is 29.6 Å². The molecule has 9 nitrogen and oxygen atoms in total. The van der Waals surface area contributed by atoms with E-state index in [-0.39, 0.29) is 4.90 Å². The van der Waals surface area contributed by atoms with E-state index in [1.165, 1.54) is 12.1 Å². The van der Waals surface area contributed by atoms with Crippen LogP contribution >= 0.6 is 0 Å². The molecule has 1 aromatic carbocycles. The van der Waals surface area contributed by atoms with Crippen molar-refractivity contribution in [3.05, 3.63) is 72.5 Å². The molecule has 0 radical (unpaired) electrons. The van der Waals surface area contributed by atoms with Gasteiger partial charge in [0.2, 0.25) is 5.95 Å². The number of fused-ring (bicyclic) bond motifs is 1. The number of hydrogen-bond acceptors (Lipinski definition) is 8. The third-order valence-electron chi connectivity index (χ3n) is 5.93. The van der Waals surface area contributed by atoms with Crippen molar-refractivity contribution in [1.82, 2.24) is 24.3 Å². The molecule has 0 unspecified atom stereocenters. The molecule has 1 N–H and O–H groups in total. The van der Waals surface area contributed by atoms with Gasteiger partial charge < -0.3 is 10.2 Å². The minimum Gasteiger partial charge on any atom is -0.338 e. The second-order valence-electron chi connectivity index (χ2n) is 8.33. The van der Waals surface area contributed by atoms with Crippen LogP contribution in [0.5, 0.6) is 0 Å². The Morgan fingerprint density at radius 1 is 1.11 bits per heavy atom. The lowest BCUT2D eigenvalue weighted by Gasteiger charge is -2.26. The van der Waals surface area contributed by atoms with Gasteiger partial charge in [-0.25, -0.2) is 32.7 Å². The van der Waals surface area contributed by atoms with Crippen molar-refractivity contribution in [1.29, 1.82) is 0 Å². The summed E-state index contributed by atoms with van der Waals surface area (Å²) in [6.45, 7) is 3.53. The van der Waals surface area contributed by atoms with Gasteiger partial charge in [-0.05, 0) is 42.2 Å². The molecule has 4 heterocycles. The topological polar surface area (TPSA) is 105 Å². The van der Waals surface area contributed by atoms with Gasteiger partial charge in [-0.3, -0.25) is 4.40 Å². The standard InChI is InChI=1S/C24H24FN7O2S/c1-3-16-13-28-24(29-14-16)31-9-6-17(7-10-31)23-27-15-20-22(26-8-11-32(20)23)30-18-4-5-21(19(25)12-18)35(2,33)34/h4-6,8,11-15H,3,7,9-10H2,1-2H3,(H,26,30). The maximum absolute atomic E-state index is 14.3.